The number of thiazole rings is 1. The van der Waals surface area contributed by atoms with E-state index in [-0.39, 0.29) is 18.1 Å². The minimum atomic E-state index is -1.27. The zero-order valence-electron chi connectivity index (χ0n) is 10.6. The first kappa shape index (κ1) is 14.6. The Kier molecular flexibility index (Phi) is 4.42. The van der Waals surface area contributed by atoms with Crippen LogP contribution in [-0.4, -0.2) is 39.0 Å². The molecule has 0 fully saturated rings. The SMILES string of the molecule is CCN(C(=O)c1csc(CN)n1)C(C)(C)C(=O)O. The van der Waals surface area contributed by atoms with Crippen molar-refractivity contribution in [3.8, 4) is 0 Å². The van der Waals surface area contributed by atoms with Crippen molar-refractivity contribution in [1.29, 1.82) is 0 Å². The molecule has 0 saturated heterocycles. The van der Waals surface area contributed by atoms with Gasteiger partial charge in [0.25, 0.3) is 5.91 Å². The standard InChI is InChI=1S/C11H17N3O3S/c1-4-14(11(2,3)10(16)17)9(15)7-6-18-8(5-12)13-7/h6H,4-5,12H2,1-3H3,(H,16,17). The number of nitrogens with zero attached hydrogens (tertiary/aromatic N) is 2. The molecule has 1 aromatic rings. The Morgan fingerprint density at radius 2 is 2.17 bits per heavy atom. The quantitative estimate of drug-likeness (QED) is 0.830. The predicted octanol–water partition coefficient (Wildman–Crippen LogP) is 0.927. The van der Waals surface area contributed by atoms with Crippen molar-refractivity contribution in [1.82, 2.24) is 9.88 Å². The van der Waals surface area contributed by atoms with Gasteiger partial charge in [-0.3, -0.25) is 4.79 Å². The number of aliphatic carboxylic acids is 1. The molecule has 0 atom stereocenters. The van der Waals surface area contributed by atoms with Gasteiger partial charge in [0, 0.05) is 18.5 Å². The van der Waals surface area contributed by atoms with Crippen LogP contribution in [0.2, 0.25) is 0 Å². The lowest BCUT2D eigenvalue weighted by Gasteiger charge is -2.33. The van der Waals surface area contributed by atoms with Crippen LogP contribution in [0, 0.1) is 0 Å². The number of carboxylic acid groups (broad SMARTS) is 1. The molecule has 0 radical (unpaired) electrons. The summed E-state index contributed by atoms with van der Waals surface area (Å²) in [6.07, 6.45) is 0. The molecule has 1 amide bonds. The van der Waals surface area contributed by atoms with Crippen molar-refractivity contribution >= 4 is 23.2 Å². The molecule has 3 N–H and O–H groups in total. The van der Waals surface area contributed by atoms with Crippen LogP contribution in [0.3, 0.4) is 0 Å². The molecule has 0 aliphatic heterocycles. The summed E-state index contributed by atoms with van der Waals surface area (Å²) in [5, 5.41) is 11.4. The van der Waals surface area contributed by atoms with Crippen LogP contribution in [0.25, 0.3) is 0 Å². The fourth-order valence-electron chi connectivity index (χ4n) is 1.55. The molecular weight excluding hydrogens is 254 g/mol. The highest BCUT2D eigenvalue weighted by molar-refractivity contribution is 7.09. The van der Waals surface area contributed by atoms with E-state index in [1.165, 1.54) is 30.1 Å². The number of amides is 1. The summed E-state index contributed by atoms with van der Waals surface area (Å²) < 4.78 is 0. The molecule has 0 saturated carbocycles. The van der Waals surface area contributed by atoms with Crippen molar-refractivity contribution < 1.29 is 14.7 Å². The summed E-state index contributed by atoms with van der Waals surface area (Å²) in [7, 11) is 0. The highest BCUT2D eigenvalue weighted by atomic mass is 32.1. The molecule has 18 heavy (non-hydrogen) atoms. The van der Waals surface area contributed by atoms with Gasteiger partial charge in [-0.15, -0.1) is 11.3 Å². The van der Waals surface area contributed by atoms with Gasteiger partial charge in [0.15, 0.2) is 0 Å². The van der Waals surface area contributed by atoms with E-state index in [1.807, 2.05) is 0 Å². The van der Waals surface area contributed by atoms with Crippen LogP contribution in [0.1, 0.15) is 36.3 Å². The first-order chi connectivity index (χ1) is 8.34. The average molecular weight is 271 g/mol. The third kappa shape index (κ3) is 2.68. The largest absolute Gasteiger partial charge is 0.480 e. The summed E-state index contributed by atoms with van der Waals surface area (Å²) in [5.74, 6) is -1.44. The Morgan fingerprint density at radius 3 is 2.56 bits per heavy atom. The molecule has 100 valence electrons. The molecule has 0 aromatic carbocycles. The Labute approximate surface area is 109 Å². The molecule has 6 nitrogen and oxygen atoms in total. The second-order valence-electron chi connectivity index (χ2n) is 4.24. The van der Waals surface area contributed by atoms with E-state index in [9.17, 15) is 9.59 Å². The van der Waals surface area contributed by atoms with Crippen LogP contribution in [-0.2, 0) is 11.3 Å². The lowest BCUT2D eigenvalue weighted by atomic mass is 10.0. The molecule has 1 rings (SSSR count). The highest BCUT2D eigenvalue weighted by Gasteiger charge is 2.37. The van der Waals surface area contributed by atoms with E-state index in [2.05, 4.69) is 4.98 Å². The summed E-state index contributed by atoms with van der Waals surface area (Å²) in [5.41, 5.74) is 4.42. The van der Waals surface area contributed by atoms with Crippen molar-refractivity contribution in [2.45, 2.75) is 32.9 Å². The Hall–Kier alpha value is -1.47. The number of nitrogens with two attached hydrogens (primary N) is 1. The molecule has 7 heteroatoms. The monoisotopic (exact) mass is 271 g/mol. The normalized spacial score (nSPS) is 11.3. The molecule has 0 unspecified atom stereocenters. The molecule has 1 heterocycles. The van der Waals surface area contributed by atoms with E-state index in [0.29, 0.717) is 11.6 Å². The van der Waals surface area contributed by atoms with Crippen molar-refractivity contribution in [3.63, 3.8) is 0 Å². The maximum atomic E-state index is 12.2. The van der Waals surface area contributed by atoms with Gasteiger partial charge >= 0.3 is 5.97 Å². The van der Waals surface area contributed by atoms with Gasteiger partial charge in [0.2, 0.25) is 0 Å². The van der Waals surface area contributed by atoms with Crippen LogP contribution < -0.4 is 5.73 Å². The summed E-state index contributed by atoms with van der Waals surface area (Å²) >= 11 is 1.29. The molecule has 0 aliphatic rings. The number of carbonyl (C=O) groups is 2. The van der Waals surface area contributed by atoms with Gasteiger partial charge in [0.1, 0.15) is 16.2 Å². The number of carbonyl (C=O) groups excluding carboxylic acids is 1. The fraction of sp³-hybridized carbons (Fsp3) is 0.545. The summed E-state index contributed by atoms with van der Waals surface area (Å²) in [4.78, 5) is 28.8. The number of aromatic nitrogens is 1. The first-order valence-electron chi connectivity index (χ1n) is 5.54. The van der Waals surface area contributed by atoms with Crippen LogP contribution in [0.5, 0.6) is 0 Å². The molecular formula is C11H17N3O3S. The zero-order valence-corrected chi connectivity index (χ0v) is 11.5. The third-order valence-corrected chi connectivity index (χ3v) is 3.58. The van der Waals surface area contributed by atoms with Crippen LogP contribution in [0.15, 0.2) is 5.38 Å². The Bertz CT molecular complexity index is 456. The van der Waals surface area contributed by atoms with Gasteiger partial charge < -0.3 is 15.7 Å². The number of likely N-dealkylation sites (N-methyl/N-ethyl adjacent to an activating group) is 1. The minimum absolute atomic E-state index is 0.247. The van der Waals surface area contributed by atoms with Gasteiger partial charge in [-0.05, 0) is 20.8 Å². The van der Waals surface area contributed by atoms with Gasteiger partial charge in [-0.1, -0.05) is 0 Å². The van der Waals surface area contributed by atoms with Crippen LogP contribution >= 0.6 is 11.3 Å². The third-order valence-electron chi connectivity index (χ3n) is 2.71. The smallest absolute Gasteiger partial charge is 0.329 e. The second-order valence-corrected chi connectivity index (χ2v) is 5.19. The fourth-order valence-corrected chi connectivity index (χ4v) is 2.20. The van der Waals surface area contributed by atoms with Gasteiger partial charge in [-0.25, -0.2) is 9.78 Å². The first-order valence-corrected chi connectivity index (χ1v) is 6.42. The Balaban J connectivity index is 3.02. The maximum Gasteiger partial charge on any atom is 0.329 e. The topological polar surface area (TPSA) is 96.5 Å². The lowest BCUT2D eigenvalue weighted by Crippen LogP contribution is -2.53. The number of hydrogen-bond donors (Lipinski definition) is 2. The Morgan fingerprint density at radius 1 is 1.56 bits per heavy atom. The van der Waals surface area contributed by atoms with Crippen molar-refractivity contribution in [3.05, 3.63) is 16.1 Å². The number of rotatable bonds is 5. The summed E-state index contributed by atoms with van der Waals surface area (Å²) in [6.45, 7) is 5.29. The lowest BCUT2D eigenvalue weighted by molar-refractivity contribution is -0.147. The van der Waals surface area contributed by atoms with Crippen molar-refractivity contribution in [2.75, 3.05) is 6.54 Å². The second kappa shape index (κ2) is 5.45. The number of carboxylic acids is 1. The molecule has 0 aliphatic carbocycles. The van der Waals surface area contributed by atoms with Gasteiger partial charge in [-0.2, -0.15) is 0 Å². The molecule has 1 aromatic heterocycles. The highest BCUT2D eigenvalue weighted by Crippen LogP contribution is 2.19. The van der Waals surface area contributed by atoms with E-state index in [0.717, 1.165) is 0 Å². The molecule has 0 spiro atoms. The maximum absolute atomic E-state index is 12.2. The summed E-state index contributed by atoms with van der Waals surface area (Å²) in [6, 6.07) is 0. The predicted molar refractivity (Wildman–Crippen MR) is 68.4 cm³/mol. The van der Waals surface area contributed by atoms with Gasteiger partial charge in [0.05, 0.1) is 0 Å². The van der Waals surface area contributed by atoms with E-state index < -0.39 is 11.5 Å². The molecule has 0 bridgehead atoms. The number of hydrogen-bond acceptors (Lipinski definition) is 5. The van der Waals surface area contributed by atoms with E-state index >= 15 is 0 Å². The van der Waals surface area contributed by atoms with E-state index in [4.69, 9.17) is 10.8 Å². The van der Waals surface area contributed by atoms with E-state index in [1.54, 1.807) is 12.3 Å². The average Bonchev–Trinajstić information content (AvgIpc) is 2.77. The van der Waals surface area contributed by atoms with Crippen molar-refractivity contribution in [2.24, 2.45) is 5.73 Å². The zero-order chi connectivity index (χ0) is 13.9. The van der Waals surface area contributed by atoms with Crippen LogP contribution in [0.4, 0.5) is 0 Å². The minimum Gasteiger partial charge on any atom is -0.480 e.